The molecule has 114 valence electrons. The van der Waals surface area contributed by atoms with Crippen molar-refractivity contribution in [3.05, 3.63) is 0 Å². The first-order valence-corrected chi connectivity index (χ1v) is 7.47. The number of carbonyl (C=O) groups is 1. The van der Waals surface area contributed by atoms with Crippen LogP contribution in [0, 0.1) is 0 Å². The van der Waals surface area contributed by atoms with Crippen molar-refractivity contribution in [1.82, 2.24) is 0 Å². The topological polar surface area (TPSA) is 44.6 Å². The van der Waals surface area contributed by atoms with Gasteiger partial charge in [0.05, 0.1) is 21.1 Å². The molecule has 0 heterocycles. The Kier molecular flexibility index (Phi) is 26.2. The molecule has 19 heavy (non-hydrogen) atoms. The van der Waals surface area contributed by atoms with Crippen molar-refractivity contribution in [2.75, 3.05) is 21.1 Å². The van der Waals surface area contributed by atoms with Gasteiger partial charge >= 0.3 is 0 Å². The summed E-state index contributed by atoms with van der Waals surface area (Å²) in [6, 6.07) is 0. The van der Waals surface area contributed by atoms with Crippen molar-refractivity contribution >= 4 is 29.9 Å². The van der Waals surface area contributed by atoms with E-state index in [-0.39, 0.29) is 30.3 Å². The van der Waals surface area contributed by atoms with Gasteiger partial charge in [0.1, 0.15) is 0 Å². The SMILES string of the molecule is CCCCCCCCCCCC(=O)[O-].C[NH+](C)C.[Sn]. The monoisotopic (exact) mass is 379 g/mol. The van der Waals surface area contributed by atoms with Crippen molar-refractivity contribution in [1.29, 1.82) is 0 Å². The number of hydrogen-bond acceptors (Lipinski definition) is 2. The van der Waals surface area contributed by atoms with E-state index in [1.54, 1.807) is 0 Å². The number of carboxylic acid groups (broad SMARTS) is 1. The van der Waals surface area contributed by atoms with Crippen LogP contribution in [0.4, 0.5) is 0 Å². The van der Waals surface area contributed by atoms with Crippen molar-refractivity contribution in [2.45, 2.75) is 71.1 Å². The zero-order valence-electron chi connectivity index (χ0n) is 13.4. The van der Waals surface area contributed by atoms with Crippen LogP contribution in [0.3, 0.4) is 0 Å². The summed E-state index contributed by atoms with van der Waals surface area (Å²) >= 11 is 0. The van der Waals surface area contributed by atoms with E-state index >= 15 is 0 Å². The molecule has 0 aromatic heterocycles. The van der Waals surface area contributed by atoms with E-state index in [9.17, 15) is 9.90 Å². The Balaban J connectivity index is -0.000000448. The predicted octanol–water partition coefficient (Wildman–Crippen LogP) is 1.04. The predicted molar refractivity (Wildman–Crippen MR) is 81.3 cm³/mol. The molecule has 0 atom stereocenters. The Morgan fingerprint density at radius 1 is 0.842 bits per heavy atom. The standard InChI is InChI=1S/C12H24O2.C3H9N.Sn/c1-2-3-4-5-6-7-8-9-10-11-12(13)14;1-4(2)3;/h2-11H2,1H3,(H,13,14);1-3H3;. The Morgan fingerprint density at radius 2 is 1.16 bits per heavy atom. The molecule has 0 saturated carbocycles. The molecule has 0 aliphatic heterocycles. The molecule has 0 saturated heterocycles. The molecule has 3 nitrogen and oxygen atoms in total. The molecular weight excluding hydrogens is 345 g/mol. The van der Waals surface area contributed by atoms with Crippen molar-refractivity contribution < 1.29 is 14.8 Å². The van der Waals surface area contributed by atoms with Gasteiger partial charge in [0.2, 0.25) is 0 Å². The molecule has 0 aromatic carbocycles. The van der Waals surface area contributed by atoms with Gasteiger partial charge in [-0.1, -0.05) is 58.3 Å². The Labute approximate surface area is 137 Å². The number of nitrogens with one attached hydrogen (secondary N) is 1. The summed E-state index contributed by atoms with van der Waals surface area (Å²) < 4.78 is 0. The molecule has 0 aliphatic carbocycles. The van der Waals surface area contributed by atoms with E-state index < -0.39 is 5.97 Å². The minimum absolute atomic E-state index is 0. The van der Waals surface area contributed by atoms with Gasteiger partial charge < -0.3 is 14.8 Å². The summed E-state index contributed by atoms with van der Waals surface area (Å²) in [5, 5.41) is 10.1. The molecule has 0 fully saturated rings. The number of carbonyl (C=O) groups excluding carboxylic acids is 1. The van der Waals surface area contributed by atoms with E-state index in [0.717, 1.165) is 12.8 Å². The average Bonchev–Trinajstić information content (AvgIpc) is 2.26. The maximum atomic E-state index is 10.1. The second kappa shape index (κ2) is 20.5. The zero-order chi connectivity index (χ0) is 14.2. The summed E-state index contributed by atoms with van der Waals surface area (Å²) in [7, 11) is 6.25. The smallest absolute Gasteiger partial charge is 0.0661 e. The molecule has 0 spiro atoms. The number of rotatable bonds is 10. The van der Waals surface area contributed by atoms with Crippen LogP contribution in [-0.4, -0.2) is 51.0 Å². The van der Waals surface area contributed by atoms with Gasteiger partial charge in [-0.25, -0.2) is 0 Å². The van der Waals surface area contributed by atoms with Crippen LogP contribution in [0.1, 0.15) is 71.1 Å². The summed E-state index contributed by atoms with van der Waals surface area (Å²) in [4.78, 5) is 11.5. The number of aliphatic carboxylic acids is 1. The van der Waals surface area contributed by atoms with Crippen LogP contribution in [0.2, 0.25) is 0 Å². The molecular formula is C15H33NO2Sn. The van der Waals surface area contributed by atoms with Crippen molar-refractivity contribution in [2.24, 2.45) is 0 Å². The number of quaternary nitrogens is 1. The van der Waals surface area contributed by atoms with E-state index in [0.29, 0.717) is 0 Å². The maximum absolute atomic E-state index is 10.1. The summed E-state index contributed by atoms with van der Waals surface area (Å²) in [6.07, 6.45) is 11.2. The Hall–Kier alpha value is 0.229. The molecule has 1 N–H and O–H groups in total. The van der Waals surface area contributed by atoms with Gasteiger partial charge in [0.15, 0.2) is 0 Å². The van der Waals surface area contributed by atoms with Gasteiger partial charge in [-0.15, -0.1) is 0 Å². The van der Waals surface area contributed by atoms with Gasteiger partial charge in [-0.2, -0.15) is 0 Å². The number of carboxylic acids is 1. The van der Waals surface area contributed by atoms with Crippen molar-refractivity contribution in [3.8, 4) is 0 Å². The Morgan fingerprint density at radius 3 is 1.47 bits per heavy atom. The molecule has 0 aliphatic rings. The normalized spacial score (nSPS) is 9.53. The average molecular weight is 378 g/mol. The van der Waals surface area contributed by atoms with Gasteiger partial charge in [-0.3, -0.25) is 0 Å². The van der Waals surface area contributed by atoms with Crippen LogP contribution in [0.5, 0.6) is 0 Å². The molecule has 4 radical (unpaired) electrons. The first kappa shape index (κ1) is 24.3. The van der Waals surface area contributed by atoms with Gasteiger partial charge in [-0.05, 0) is 12.8 Å². The van der Waals surface area contributed by atoms with Gasteiger partial charge in [0.25, 0.3) is 0 Å². The fourth-order valence-electron chi connectivity index (χ4n) is 1.58. The van der Waals surface area contributed by atoms with E-state index in [2.05, 4.69) is 28.1 Å². The first-order valence-electron chi connectivity index (χ1n) is 7.47. The minimum atomic E-state index is -0.909. The number of unbranched alkanes of at least 4 members (excludes halogenated alkanes) is 8. The second-order valence-electron chi connectivity index (χ2n) is 5.45. The molecule has 0 rings (SSSR count). The molecule has 4 heteroatoms. The van der Waals surface area contributed by atoms with Crippen LogP contribution >= 0.6 is 0 Å². The first-order chi connectivity index (χ1) is 8.50. The van der Waals surface area contributed by atoms with Crippen LogP contribution in [0.25, 0.3) is 0 Å². The maximum Gasteiger partial charge on any atom is 0.0661 e. The van der Waals surface area contributed by atoms with Crippen molar-refractivity contribution in [3.63, 3.8) is 0 Å². The summed E-state index contributed by atoms with van der Waals surface area (Å²) in [5.74, 6) is -0.909. The van der Waals surface area contributed by atoms with Crippen LogP contribution in [0.15, 0.2) is 0 Å². The summed E-state index contributed by atoms with van der Waals surface area (Å²) in [6.45, 7) is 2.22. The van der Waals surface area contributed by atoms with Crippen LogP contribution in [-0.2, 0) is 4.79 Å². The molecule has 0 unspecified atom stereocenters. The fourth-order valence-corrected chi connectivity index (χ4v) is 1.58. The third-order valence-corrected chi connectivity index (χ3v) is 2.48. The Bertz CT molecular complexity index is 173. The molecule has 0 bridgehead atoms. The molecule has 0 aromatic rings. The third-order valence-electron chi connectivity index (χ3n) is 2.48. The fraction of sp³-hybridized carbons (Fsp3) is 0.933. The third kappa shape index (κ3) is 38.1. The van der Waals surface area contributed by atoms with E-state index in [4.69, 9.17) is 0 Å². The second-order valence-corrected chi connectivity index (χ2v) is 5.45. The minimum Gasteiger partial charge on any atom is -0.550 e. The summed E-state index contributed by atoms with van der Waals surface area (Å²) in [5.41, 5.74) is 0. The molecule has 0 amide bonds. The van der Waals surface area contributed by atoms with Crippen LogP contribution < -0.4 is 10.0 Å². The van der Waals surface area contributed by atoms with E-state index in [1.807, 2.05) is 0 Å². The van der Waals surface area contributed by atoms with E-state index in [1.165, 1.54) is 49.8 Å². The number of hydrogen-bond donors (Lipinski definition) is 1. The van der Waals surface area contributed by atoms with Gasteiger partial charge in [0, 0.05) is 29.9 Å². The largest absolute Gasteiger partial charge is 0.550 e. The quantitative estimate of drug-likeness (QED) is 0.456. The zero-order valence-corrected chi connectivity index (χ0v) is 16.2.